The topological polar surface area (TPSA) is 110 Å². The van der Waals surface area contributed by atoms with Crippen LogP contribution in [0.4, 0.5) is 5.69 Å². The molecule has 1 aliphatic heterocycles. The van der Waals surface area contributed by atoms with E-state index in [-0.39, 0.29) is 17.9 Å². The van der Waals surface area contributed by atoms with Gasteiger partial charge in [-0.3, -0.25) is 9.59 Å². The summed E-state index contributed by atoms with van der Waals surface area (Å²) < 4.78 is 7.46. The van der Waals surface area contributed by atoms with Crippen LogP contribution in [-0.2, 0) is 30.8 Å². The highest BCUT2D eigenvalue weighted by Crippen LogP contribution is 2.31. The summed E-state index contributed by atoms with van der Waals surface area (Å²) in [7, 11) is 6.00. The molecule has 2 amide bonds. The molecule has 1 saturated heterocycles. The van der Waals surface area contributed by atoms with Crippen molar-refractivity contribution in [3.63, 3.8) is 0 Å². The summed E-state index contributed by atoms with van der Waals surface area (Å²) in [5, 5.41) is 15.2. The molecule has 216 valence electrons. The molecule has 2 radical (unpaired) electrons. The Labute approximate surface area is 247 Å². The number of hydrogen-bond acceptors (Lipinski definition) is 6. The lowest BCUT2D eigenvalue weighted by Crippen LogP contribution is -2.30. The fourth-order valence-corrected chi connectivity index (χ4v) is 5.26. The van der Waals surface area contributed by atoms with Gasteiger partial charge in [0.15, 0.2) is 5.65 Å². The number of benzene rings is 2. The number of rotatable bonds is 10. The number of anilines is 1. The van der Waals surface area contributed by atoms with Crippen molar-refractivity contribution in [2.45, 2.75) is 65.7 Å². The van der Waals surface area contributed by atoms with Gasteiger partial charge < -0.3 is 20.7 Å². The second kappa shape index (κ2) is 13.2. The Kier molecular flexibility index (Phi) is 9.22. The van der Waals surface area contributed by atoms with Crippen LogP contribution in [0.5, 0.6) is 0 Å². The minimum absolute atomic E-state index is 0.261. The third kappa shape index (κ3) is 6.49. The largest absolute Gasteiger partial charge is 0.381 e. The highest BCUT2D eigenvalue weighted by molar-refractivity contribution is 6.33. The second-order valence-electron chi connectivity index (χ2n) is 10.6. The van der Waals surface area contributed by atoms with Crippen LogP contribution in [0.1, 0.15) is 69.8 Å². The third-order valence-electron chi connectivity index (χ3n) is 7.79. The first-order valence-electron chi connectivity index (χ1n) is 14.6. The fourth-order valence-electron chi connectivity index (χ4n) is 5.26. The Morgan fingerprint density at radius 3 is 2.40 bits per heavy atom. The summed E-state index contributed by atoms with van der Waals surface area (Å²) >= 11 is 0. The maximum Gasteiger partial charge on any atom is 0.251 e. The smallest absolute Gasteiger partial charge is 0.251 e. The number of fused-ring (bicyclic) bond motifs is 1. The van der Waals surface area contributed by atoms with E-state index in [1.807, 2.05) is 42.9 Å². The summed E-state index contributed by atoms with van der Waals surface area (Å²) in [6.07, 6.45) is 4.38. The van der Waals surface area contributed by atoms with Gasteiger partial charge in [-0.1, -0.05) is 42.2 Å². The van der Waals surface area contributed by atoms with Gasteiger partial charge in [-0.25, -0.2) is 9.67 Å². The van der Waals surface area contributed by atoms with E-state index < -0.39 is 0 Å². The second-order valence-corrected chi connectivity index (χ2v) is 10.6. The predicted octanol–water partition coefficient (Wildman–Crippen LogP) is 3.57. The zero-order chi connectivity index (χ0) is 29.6. The lowest BCUT2D eigenvalue weighted by molar-refractivity contribution is 0.0904. The molecule has 0 spiro atoms. The van der Waals surface area contributed by atoms with E-state index in [9.17, 15) is 9.59 Å². The molecule has 0 atom stereocenters. The van der Waals surface area contributed by atoms with Crippen molar-refractivity contribution in [2.75, 3.05) is 18.5 Å². The molecular weight excluding hydrogens is 527 g/mol. The molecule has 3 N–H and O–H groups in total. The quantitative estimate of drug-likeness (QED) is 0.254. The minimum Gasteiger partial charge on any atom is -0.381 e. The summed E-state index contributed by atoms with van der Waals surface area (Å²) in [5.74, 6) is -0.526. The standard InChI is InChI=1S/C32H37BN6O3/c1-4-28-25(29(37-24-11-13-42-14-12-24)26-19-36-39(5-2)30(26)38-28)18-35-32(41)23-8-6-7-22(16-23)31(40)34-17-21-10-9-20(3)27(33)15-21/h6-10,15-16,19,24H,4-5,11-14,17-18H2,1-3H3,(H,34,40)(H,35,41)(H,37,38). The Hall–Kier alpha value is -4.18. The molecule has 2 aromatic carbocycles. The lowest BCUT2D eigenvalue weighted by atomic mass is 9.89. The highest BCUT2D eigenvalue weighted by atomic mass is 16.5. The number of carbonyl (C=O) groups is 2. The molecule has 0 unspecified atom stereocenters. The van der Waals surface area contributed by atoms with Gasteiger partial charge in [0.1, 0.15) is 7.85 Å². The molecule has 42 heavy (non-hydrogen) atoms. The number of aryl methyl sites for hydroxylation is 3. The summed E-state index contributed by atoms with van der Waals surface area (Å²) in [6.45, 7) is 8.84. The molecule has 1 fully saturated rings. The Bertz CT molecular complexity index is 1590. The molecular formula is C32H37BN6O3. The van der Waals surface area contributed by atoms with Crippen LogP contribution in [-0.4, -0.2) is 53.7 Å². The number of hydrogen-bond donors (Lipinski definition) is 3. The number of aromatic nitrogens is 3. The van der Waals surface area contributed by atoms with Crippen LogP contribution in [0.3, 0.4) is 0 Å². The van der Waals surface area contributed by atoms with Crippen molar-refractivity contribution < 1.29 is 14.3 Å². The molecule has 0 aliphatic carbocycles. The summed E-state index contributed by atoms with van der Waals surface area (Å²) in [5.41, 5.74) is 7.08. The maximum absolute atomic E-state index is 13.3. The van der Waals surface area contributed by atoms with E-state index in [0.29, 0.717) is 36.1 Å². The zero-order valence-electron chi connectivity index (χ0n) is 24.5. The van der Waals surface area contributed by atoms with E-state index in [1.165, 1.54) is 0 Å². The van der Waals surface area contributed by atoms with E-state index >= 15 is 0 Å². The van der Waals surface area contributed by atoms with Gasteiger partial charge in [0.05, 0.1) is 17.3 Å². The van der Waals surface area contributed by atoms with Gasteiger partial charge in [-0.05, 0) is 56.9 Å². The first kappa shape index (κ1) is 29.3. The van der Waals surface area contributed by atoms with Gasteiger partial charge in [0.2, 0.25) is 0 Å². The predicted molar refractivity (Wildman–Crippen MR) is 165 cm³/mol. The van der Waals surface area contributed by atoms with E-state index in [2.05, 4.69) is 28.0 Å². The van der Waals surface area contributed by atoms with Crippen molar-refractivity contribution in [1.29, 1.82) is 0 Å². The fraction of sp³-hybridized carbons (Fsp3) is 0.375. The molecule has 9 nitrogen and oxygen atoms in total. The normalized spacial score (nSPS) is 13.7. The summed E-state index contributed by atoms with van der Waals surface area (Å²) in [6, 6.07) is 12.7. The van der Waals surface area contributed by atoms with Crippen molar-refractivity contribution >= 4 is 41.8 Å². The Balaban J connectivity index is 1.33. The highest BCUT2D eigenvalue weighted by Gasteiger charge is 2.22. The first-order valence-corrected chi connectivity index (χ1v) is 14.6. The van der Waals surface area contributed by atoms with Crippen LogP contribution in [0.15, 0.2) is 48.7 Å². The number of amides is 2. The van der Waals surface area contributed by atoms with Gasteiger partial charge in [-0.15, -0.1) is 0 Å². The summed E-state index contributed by atoms with van der Waals surface area (Å²) in [4.78, 5) is 31.2. The van der Waals surface area contributed by atoms with Gasteiger partial charge in [0.25, 0.3) is 11.8 Å². The molecule has 1 aliphatic rings. The van der Waals surface area contributed by atoms with E-state index in [1.54, 1.807) is 24.3 Å². The molecule has 0 bridgehead atoms. The zero-order valence-corrected chi connectivity index (χ0v) is 24.5. The van der Waals surface area contributed by atoms with E-state index in [4.69, 9.17) is 17.6 Å². The third-order valence-corrected chi connectivity index (χ3v) is 7.79. The van der Waals surface area contributed by atoms with Crippen molar-refractivity contribution in [3.05, 3.63) is 82.2 Å². The number of ether oxygens (including phenoxy) is 1. The molecule has 4 aromatic rings. The Morgan fingerprint density at radius 1 is 1.02 bits per heavy atom. The Morgan fingerprint density at radius 2 is 1.74 bits per heavy atom. The monoisotopic (exact) mass is 564 g/mol. The van der Waals surface area contributed by atoms with Crippen LogP contribution in [0, 0.1) is 6.92 Å². The van der Waals surface area contributed by atoms with Crippen molar-refractivity contribution in [3.8, 4) is 0 Å². The molecule has 10 heteroatoms. The number of nitrogens with one attached hydrogen (secondary N) is 3. The number of nitrogens with zero attached hydrogens (tertiary/aromatic N) is 3. The number of carbonyl (C=O) groups excluding carboxylic acids is 2. The van der Waals surface area contributed by atoms with Crippen molar-refractivity contribution in [2.24, 2.45) is 0 Å². The first-order chi connectivity index (χ1) is 20.4. The van der Waals surface area contributed by atoms with E-state index in [0.717, 1.165) is 71.7 Å². The van der Waals surface area contributed by atoms with Crippen LogP contribution >= 0.6 is 0 Å². The average molecular weight is 564 g/mol. The lowest BCUT2D eigenvalue weighted by Gasteiger charge is -2.26. The van der Waals surface area contributed by atoms with Crippen LogP contribution in [0.25, 0.3) is 11.0 Å². The van der Waals surface area contributed by atoms with Crippen LogP contribution < -0.4 is 21.4 Å². The molecule has 2 aromatic heterocycles. The van der Waals surface area contributed by atoms with Gasteiger partial charge >= 0.3 is 0 Å². The molecule has 3 heterocycles. The maximum atomic E-state index is 13.3. The molecule has 0 saturated carbocycles. The van der Waals surface area contributed by atoms with Crippen LogP contribution in [0.2, 0.25) is 0 Å². The number of pyridine rings is 1. The average Bonchev–Trinajstić information content (AvgIpc) is 3.44. The van der Waals surface area contributed by atoms with Gasteiger partial charge in [-0.2, -0.15) is 5.10 Å². The molecule has 5 rings (SSSR count). The SMILES string of the molecule is [B]c1cc(CNC(=O)c2cccc(C(=O)NCc3c(CC)nc4c(cnn4CC)c3NC3CCOCC3)c2)ccc1C. The van der Waals surface area contributed by atoms with Gasteiger partial charge in [0, 0.05) is 61.3 Å². The van der Waals surface area contributed by atoms with Crippen molar-refractivity contribution in [1.82, 2.24) is 25.4 Å². The minimum atomic E-state index is -0.264.